The van der Waals surface area contributed by atoms with Crippen molar-refractivity contribution >= 4 is 27.5 Å². The number of methoxy groups -OCH3 is 1. The second-order valence-corrected chi connectivity index (χ2v) is 10.3. The molecule has 1 N–H and O–H groups in total. The van der Waals surface area contributed by atoms with E-state index < -0.39 is 10.0 Å². The van der Waals surface area contributed by atoms with Gasteiger partial charge in [0.1, 0.15) is 10.6 Å². The van der Waals surface area contributed by atoms with Crippen LogP contribution >= 0.6 is 11.6 Å². The summed E-state index contributed by atoms with van der Waals surface area (Å²) < 4.78 is 32.8. The molecule has 33 heavy (non-hydrogen) atoms. The van der Waals surface area contributed by atoms with Crippen LogP contribution < -0.4 is 10.1 Å². The number of nitrogens with one attached hydrogen (secondary N) is 1. The largest absolute Gasteiger partial charge is 0.497 e. The van der Waals surface area contributed by atoms with Gasteiger partial charge in [0, 0.05) is 25.2 Å². The van der Waals surface area contributed by atoms with Gasteiger partial charge in [-0.05, 0) is 61.8 Å². The van der Waals surface area contributed by atoms with E-state index in [9.17, 15) is 13.2 Å². The normalized spacial score (nSPS) is 15.5. The number of amides is 1. The molecule has 2 aromatic rings. The van der Waals surface area contributed by atoms with E-state index in [1.54, 1.807) is 13.2 Å². The van der Waals surface area contributed by atoms with Crippen LogP contribution in [0.2, 0.25) is 5.02 Å². The summed E-state index contributed by atoms with van der Waals surface area (Å²) in [5.74, 6) is 0.412. The second kappa shape index (κ2) is 11.3. The van der Waals surface area contributed by atoms with Crippen molar-refractivity contribution in [2.24, 2.45) is 0 Å². The third-order valence-corrected chi connectivity index (χ3v) is 8.44. The van der Waals surface area contributed by atoms with Crippen LogP contribution in [-0.2, 0) is 10.0 Å². The molecule has 9 heteroatoms. The summed E-state index contributed by atoms with van der Waals surface area (Å²) in [7, 11) is -2.10. The second-order valence-electron chi connectivity index (χ2n) is 7.98. The summed E-state index contributed by atoms with van der Waals surface area (Å²) >= 11 is 6.22. The van der Waals surface area contributed by atoms with Crippen LogP contribution in [0.4, 0.5) is 0 Å². The van der Waals surface area contributed by atoms with Crippen LogP contribution in [0.3, 0.4) is 0 Å². The molecule has 1 fully saturated rings. The summed E-state index contributed by atoms with van der Waals surface area (Å²) in [6.45, 7) is 7.09. The third-order valence-electron chi connectivity index (χ3n) is 6.06. The van der Waals surface area contributed by atoms with Crippen LogP contribution in [0.1, 0.15) is 48.7 Å². The van der Waals surface area contributed by atoms with Crippen molar-refractivity contribution in [2.45, 2.75) is 37.6 Å². The first kappa shape index (κ1) is 25.5. The van der Waals surface area contributed by atoms with Crippen molar-refractivity contribution in [3.8, 4) is 5.75 Å². The highest BCUT2D eigenvalue weighted by atomic mass is 35.5. The molecule has 0 spiro atoms. The van der Waals surface area contributed by atoms with Gasteiger partial charge in [-0.2, -0.15) is 4.31 Å². The molecule has 3 rings (SSSR count). The van der Waals surface area contributed by atoms with E-state index in [1.807, 2.05) is 24.3 Å². The van der Waals surface area contributed by atoms with Crippen LogP contribution in [0, 0.1) is 0 Å². The molecule has 1 aliphatic heterocycles. The van der Waals surface area contributed by atoms with E-state index in [2.05, 4.69) is 24.1 Å². The van der Waals surface area contributed by atoms with Gasteiger partial charge in [0.25, 0.3) is 5.91 Å². The van der Waals surface area contributed by atoms with E-state index >= 15 is 0 Å². The molecule has 1 saturated heterocycles. The fraction of sp³-hybridized carbons (Fsp3) is 0.458. The number of sulfonamides is 1. The number of hydrogen-bond donors (Lipinski definition) is 1. The van der Waals surface area contributed by atoms with Gasteiger partial charge in [0.15, 0.2) is 0 Å². The molecule has 0 bridgehead atoms. The lowest BCUT2D eigenvalue weighted by Gasteiger charge is -2.30. The van der Waals surface area contributed by atoms with Crippen LogP contribution in [-0.4, -0.2) is 63.4 Å². The van der Waals surface area contributed by atoms with Gasteiger partial charge in [-0.15, -0.1) is 0 Å². The monoisotopic (exact) mass is 493 g/mol. The minimum atomic E-state index is -3.73. The lowest BCUT2D eigenvalue weighted by molar-refractivity contribution is 0.0934. The smallest absolute Gasteiger partial charge is 0.251 e. The lowest BCUT2D eigenvalue weighted by Crippen LogP contribution is -2.38. The van der Waals surface area contributed by atoms with Crippen molar-refractivity contribution in [2.75, 3.05) is 39.8 Å². The average Bonchev–Trinajstić information content (AvgIpc) is 3.38. The number of halogens is 1. The highest BCUT2D eigenvalue weighted by molar-refractivity contribution is 7.89. The molecular formula is C24H32ClN3O4S. The van der Waals surface area contributed by atoms with E-state index in [0.29, 0.717) is 19.6 Å². The molecule has 180 valence electrons. The Morgan fingerprint density at radius 1 is 1.15 bits per heavy atom. The van der Waals surface area contributed by atoms with Crippen LogP contribution in [0.5, 0.6) is 5.75 Å². The number of nitrogens with zero attached hydrogens (tertiary/aromatic N) is 2. The van der Waals surface area contributed by atoms with E-state index in [4.69, 9.17) is 16.3 Å². The standard InChI is InChI=1S/C24H32ClN3O4S/c1-4-27(5-2)22(18-9-8-10-20(15-18)32-3)17-26-24(29)19-11-12-21(25)23(16-19)33(30,31)28-13-6-7-14-28/h8-12,15-16,22H,4-7,13-14,17H2,1-3H3,(H,26,29). The first-order valence-electron chi connectivity index (χ1n) is 11.3. The molecule has 1 amide bonds. The molecule has 0 aliphatic carbocycles. The number of benzene rings is 2. The fourth-order valence-corrected chi connectivity index (χ4v) is 6.19. The highest BCUT2D eigenvalue weighted by Crippen LogP contribution is 2.28. The number of ether oxygens (including phenoxy) is 1. The molecule has 1 heterocycles. The Kier molecular flexibility index (Phi) is 8.75. The molecule has 1 unspecified atom stereocenters. The van der Waals surface area contributed by atoms with Crippen molar-refractivity contribution < 1.29 is 17.9 Å². The Labute approximate surface area is 201 Å². The maximum Gasteiger partial charge on any atom is 0.251 e. The Balaban J connectivity index is 1.81. The van der Waals surface area contributed by atoms with E-state index in [0.717, 1.165) is 37.2 Å². The first-order valence-corrected chi connectivity index (χ1v) is 13.1. The predicted molar refractivity (Wildman–Crippen MR) is 130 cm³/mol. The third kappa shape index (κ3) is 5.87. The van der Waals surface area contributed by atoms with Gasteiger partial charge in [0.2, 0.25) is 10.0 Å². The zero-order valence-corrected chi connectivity index (χ0v) is 21.0. The summed E-state index contributed by atoms with van der Waals surface area (Å²) in [6.07, 6.45) is 1.65. The Hall–Kier alpha value is -2.13. The molecule has 1 atom stereocenters. The fourth-order valence-electron chi connectivity index (χ4n) is 4.17. The number of carbonyl (C=O) groups is 1. The van der Waals surface area contributed by atoms with Crippen LogP contribution in [0.15, 0.2) is 47.4 Å². The minimum absolute atomic E-state index is 0.0215. The summed E-state index contributed by atoms with van der Waals surface area (Å²) in [6, 6.07) is 12.2. The Morgan fingerprint density at radius 2 is 1.85 bits per heavy atom. The van der Waals surface area contributed by atoms with Crippen molar-refractivity contribution in [3.05, 3.63) is 58.6 Å². The zero-order chi connectivity index (χ0) is 24.0. The van der Waals surface area contributed by atoms with Crippen molar-refractivity contribution in [1.82, 2.24) is 14.5 Å². The average molecular weight is 494 g/mol. The minimum Gasteiger partial charge on any atom is -0.497 e. The summed E-state index contributed by atoms with van der Waals surface area (Å²) in [4.78, 5) is 15.2. The SMILES string of the molecule is CCN(CC)C(CNC(=O)c1ccc(Cl)c(S(=O)(=O)N2CCCC2)c1)c1cccc(OC)c1. The van der Waals surface area contributed by atoms with Crippen molar-refractivity contribution in [1.29, 1.82) is 0 Å². The van der Waals surface area contributed by atoms with Gasteiger partial charge in [-0.1, -0.05) is 37.6 Å². The highest BCUT2D eigenvalue weighted by Gasteiger charge is 2.30. The Morgan fingerprint density at radius 3 is 2.48 bits per heavy atom. The molecule has 0 aromatic heterocycles. The van der Waals surface area contributed by atoms with Crippen molar-refractivity contribution in [3.63, 3.8) is 0 Å². The van der Waals surface area contributed by atoms with Gasteiger partial charge < -0.3 is 10.1 Å². The lowest BCUT2D eigenvalue weighted by atomic mass is 10.0. The number of likely N-dealkylation sites (N-methyl/N-ethyl adjacent to an activating group) is 1. The molecule has 2 aromatic carbocycles. The quantitative estimate of drug-likeness (QED) is 0.542. The van der Waals surface area contributed by atoms with Crippen LogP contribution in [0.25, 0.3) is 0 Å². The summed E-state index contributed by atoms with van der Waals surface area (Å²) in [5.41, 5.74) is 1.30. The Bertz CT molecular complexity index is 1070. The van der Waals surface area contributed by atoms with Gasteiger partial charge in [-0.25, -0.2) is 8.42 Å². The maximum atomic E-state index is 13.0. The molecule has 0 saturated carbocycles. The summed E-state index contributed by atoms with van der Waals surface area (Å²) in [5, 5.41) is 3.10. The molecule has 0 radical (unpaired) electrons. The van der Waals surface area contributed by atoms with Gasteiger partial charge in [-0.3, -0.25) is 9.69 Å². The predicted octanol–water partition coefficient (Wildman–Crippen LogP) is 3.95. The molecule has 7 nitrogen and oxygen atoms in total. The maximum absolute atomic E-state index is 13.0. The number of carbonyl (C=O) groups excluding carboxylic acids is 1. The number of rotatable bonds is 10. The van der Waals surface area contributed by atoms with Gasteiger partial charge in [0.05, 0.1) is 18.2 Å². The van der Waals surface area contributed by atoms with Gasteiger partial charge >= 0.3 is 0 Å². The van der Waals surface area contributed by atoms with E-state index in [1.165, 1.54) is 16.4 Å². The topological polar surface area (TPSA) is 79.0 Å². The molecule has 1 aliphatic rings. The zero-order valence-electron chi connectivity index (χ0n) is 19.4. The molecular weight excluding hydrogens is 462 g/mol. The number of hydrogen-bond acceptors (Lipinski definition) is 5. The first-order chi connectivity index (χ1) is 15.8. The van der Waals surface area contributed by atoms with E-state index in [-0.39, 0.29) is 27.4 Å².